The highest BCUT2D eigenvalue weighted by Crippen LogP contribution is 2.20. The zero-order valence-corrected chi connectivity index (χ0v) is 10.3. The molecule has 2 aromatic rings. The molecule has 0 aliphatic rings. The van der Waals surface area contributed by atoms with E-state index < -0.39 is 0 Å². The summed E-state index contributed by atoms with van der Waals surface area (Å²) in [5, 5.41) is 16.6. The maximum Gasteiger partial charge on any atom is 0.275 e. The molecule has 0 aliphatic heterocycles. The van der Waals surface area contributed by atoms with Crippen LogP contribution in [0.25, 0.3) is 10.9 Å². The number of hydrogen-bond acceptors (Lipinski definition) is 4. The number of carbonyl (C=O) groups is 1. The standard InChI is InChI=1S/C12H16N4O2/c1-7(6-17)16(2)12(18)11-9-5-8(13)3-4-10(9)14-15-11/h3-5,7,17H,6,13H2,1-2H3,(H,14,15). The molecule has 96 valence electrons. The van der Waals surface area contributed by atoms with Crippen molar-refractivity contribution in [2.75, 3.05) is 19.4 Å². The molecule has 1 amide bonds. The number of anilines is 1. The minimum Gasteiger partial charge on any atom is -0.399 e. The number of aliphatic hydroxyl groups excluding tert-OH is 1. The fourth-order valence-electron chi connectivity index (χ4n) is 1.68. The average molecular weight is 248 g/mol. The van der Waals surface area contributed by atoms with E-state index in [4.69, 9.17) is 10.8 Å². The number of benzene rings is 1. The largest absolute Gasteiger partial charge is 0.399 e. The molecular weight excluding hydrogens is 232 g/mol. The molecular formula is C12H16N4O2. The number of rotatable bonds is 3. The van der Waals surface area contributed by atoms with E-state index in [1.54, 1.807) is 32.2 Å². The van der Waals surface area contributed by atoms with Gasteiger partial charge < -0.3 is 15.7 Å². The van der Waals surface area contributed by atoms with Crippen LogP contribution in [-0.2, 0) is 0 Å². The molecule has 0 fully saturated rings. The van der Waals surface area contributed by atoms with E-state index in [9.17, 15) is 4.79 Å². The second-order valence-electron chi connectivity index (χ2n) is 4.32. The normalized spacial score (nSPS) is 12.6. The Labute approximate surface area is 104 Å². The van der Waals surface area contributed by atoms with Crippen molar-refractivity contribution in [1.82, 2.24) is 15.1 Å². The van der Waals surface area contributed by atoms with Crippen LogP contribution in [-0.4, -0.2) is 45.8 Å². The fraction of sp³-hybridized carbons (Fsp3) is 0.333. The first-order chi connectivity index (χ1) is 8.54. The molecule has 1 unspecified atom stereocenters. The highest BCUT2D eigenvalue weighted by molar-refractivity contribution is 6.05. The van der Waals surface area contributed by atoms with Gasteiger partial charge in [-0.25, -0.2) is 0 Å². The number of nitrogens with zero attached hydrogens (tertiary/aromatic N) is 2. The molecule has 1 aromatic heterocycles. The van der Waals surface area contributed by atoms with Crippen LogP contribution in [0.5, 0.6) is 0 Å². The Morgan fingerprint density at radius 3 is 3.00 bits per heavy atom. The number of aromatic nitrogens is 2. The Hall–Kier alpha value is -2.08. The van der Waals surface area contributed by atoms with Gasteiger partial charge in [0.05, 0.1) is 18.2 Å². The number of nitrogens with two attached hydrogens (primary N) is 1. The number of amides is 1. The molecule has 0 saturated carbocycles. The van der Waals surface area contributed by atoms with Crippen LogP contribution in [0.15, 0.2) is 18.2 Å². The average Bonchev–Trinajstić information content (AvgIpc) is 2.78. The monoisotopic (exact) mass is 248 g/mol. The summed E-state index contributed by atoms with van der Waals surface area (Å²) in [6.07, 6.45) is 0. The van der Waals surface area contributed by atoms with Gasteiger partial charge >= 0.3 is 0 Å². The lowest BCUT2D eigenvalue weighted by Gasteiger charge is -2.22. The topological polar surface area (TPSA) is 95.2 Å². The molecule has 0 radical (unpaired) electrons. The van der Waals surface area contributed by atoms with Gasteiger partial charge in [-0.15, -0.1) is 0 Å². The van der Waals surface area contributed by atoms with Crippen LogP contribution < -0.4 is 5.73 Å². The van der Waals surface area contributed by atoms with Crippen LogP contribution in [0.1, 0.15) is 17.4 Å². The second kappa shape index (κ2) is 4.66. The van der Waals surface area contributed by atoms with Crippen molar-refractivity contribution in [3.05, 3.63) is 23.9 Å². The van der Waals surface area contributed by atoms with Gasteiger partial charge in [0, 0.05) is 18.1 Å². The summed E-state index contributed by atoms with van der Waals surface area (Å²) in [6.45, 7) is 1.67. The number of fused-ring (bicyclic) bond motifs is 1. The molecule has 0 spiro atoms. The number of aliphatic hydroxyl groups is 1. The molecule has 1 heterocycles. The molecule has 4 N–H and O–H groups in total. The van der Waals surface area contributed by atoms with Crippen molar-refractivity contribution in [3.8, 4) is 0 Å². The summed E-state index contributed by atoms with van der Waals surface area (Å²) in [5.74, 6) is -0.242. The molecule has 1 aromatic carbocycles. The molecule has 0 bridgehead atoms. The quantitative estimate of drug-likeness (QED) is 0.693. The Morgan fingerprint density at radius 1 is 1.61 bits per heavy atom. The molecule has 1 atom stereocenters. The third kappa shape index (κ3) is 2.02. The third-order valence-electron chi connectivity index (χ3n) is 3.04. The van der Waals surface area contributed by atoms with E-state index in [0.717, 1.165) is 5.52 Å². The van der Waals surface area contributed by atoms with E-state index in [0.29, 0.717) is 16.8 Å². The third-order valence-corrected chi connectivity index (χ3v) is 3.04. The number of nitrogen functional groups attached to an aromatic ring is 1. The Kier molecular flexibility index (Phi) is 3.20. The highest BCUT2D eigenvalue weighted by Gasteiger charge is 2.21. The van der Waals surface area contributed by atoms with Gasteiger partial charge in [0.2, 0.25) is 0 Å². The lowest BCUT2D eigenvalue weighted by molar-refractivity contribution is 0.0678. The number of aromatic amines is 1. The SMILES string of the molecule is CC(CO)N(C)C(=O)c1n[nH]c2ccc(N)cc12. The van der Waals surface area contributed by atoms with E-state index >= 15 is 0 Å². The summed E-state index contributed by atoms with van der Waals surface area (Å²) >= 11 is 0. The summed E-state index contributed by atoms with van der Waals surface area (Å²) in [5.41, 5.74) is 7.37. The van der Waals surface area contributed by atoms with Gasteiger partial charge in [-0.2, -0.15) is 5.10 Å². The first-order valence-corrected chi connectivity index (χ1v) is 5.66. The second-order valence-corrected chi connectivity index (χ2v) is 4.32. The molecule has 6 heteroatoms. The van der Waals surface area contributed by atoms with Crippen LogP contribution in [0.2, 0.25) is 0 Å². The summed E-state index contributed by atoms with van der Waals surface area (Å²) in [4.78, 5) is 13.7. The fourth-order valence-corrected chi connectivity index (χ4v) is 1.68. The van der Waals surface area contributed by atoms with Gasteiger partial charge in [-0.3, -0.25) is 9.89 Å². The maximum atomic E-state index is 12.2. The van der Waals surface area contributed by atoms with Crippen molar-refractivity contribution < 1.29 is 9.90 Å². The van der Waals surface area contributed by atoms with Gasteiger partial charge in [-0.1, -0.05) is 0 Å². The maximum absolute atomic E-state index is 12.2. The van der Waals surface area contributed by atoms with E-state index in [2.05, 4.69) is 10.2 Å². The van der Waals surface area contributed by atoms with E-state index in [-0.39, 0.29) is 18.6 Å². The highest BCUT2D eigenvalue weighted by atomic mass is 16.3. The van der Waals surface area contributed by atoms with Crippen LogP contribution in [0.4, 0.5) is 5.69 Å². The predicted octanol–water partition coefficient (Wildman–Crippen LogP) is 0.598. The van der Waals surface area contributed by atoms with Crippen LogP contribution >= 0.6 is 0 Å². The molecule has 0 aliphatic carbocycles. The molecule has 6 nitrogen and oxygen atoms in total. The van der Waals surface area contributed by atoms with Gasteiger partial charge in [0.25, 0.3) is 5.91 Å². The summed E-state index contributed by atoms with van der Waals surface area (Å²) in [7, 11) is 1.63. The number of hydrogen-bond donors (Lipinski definition) is 3. The first-order valence-electron chi connectivity index (χ1n) is 5.66. The van der Waals surface area contributed by atoms with Crippen LogP contribution in [0, 0.1) is 0 Å². The van der Waals surface area contributed by atoms with Gasteiger partial charge in [0.15, 0.2) is 5.69 Å². The number of H-pyrrole nitrogens is 1. The van der Waals surface area contributed by atoms with Crippen LogP contribution in [0.3, 0.4) is 0 Å². The summed E-state index contributed by atoms with van der Waals surface area (Å²) in [6, 6.07) is 4.98. The number of nitrogens with one attached hydrogen (secondary N) is 1. The van der Waals surface area contributed by atoms with E-state index in [1.165, 1.54) is 4.90 Å². The lowest BCUT2D eigenvalue weighted by atomic mass is 10.1. The minimum atomic E-state index is -0.259. The lowest BCUT2D eigenvalue weighted by Crippen LogP contribution is -2.37. The van der Waals surface area contributed by atoms with Crippen molar-refractivity contribution >= 4 is 22.5 Å². The molecule has 2 rings (SSSR count). The van der Waals surface area contributed by atoms with Crippen molar-refractivity contribution in [1.29, 1.82) is 0 Å². The van der Waals surface area contributed by atoms with Gasteiger partial charge in [-0.05, 0) is 25.1 Å². The van der Waals surface area contributed by atoms with Gasteiger partial charge in [0.1, 0.15) is 0 Å². The number of carbonyl (C=O) groups excluding carboxylic acids is 1. The Bertz CT molecular complexity index is 578. The minimum absolute atomic E-state index is 0.0905. The van der Waals surface area contributed by atoms with E-state index in [1.807, 2.05) is 0 Å². The first kappa shape index (κ1) is 12.4. The zero-order valence-electron chi connectivity index (χ0n) is 10.3. The molecule has 0 saturated heterocycles. The molecule has 18 heavy (non-hydrogen) atoms. The van der Waals surface area contributed by atoms with Crippen molar-refractivity contribution in [2.45, 2.75) is 13.0 Å². The van der Waals surface area contributed by atoms with Crippen molar-refractivity contribution in [2.24, 2.45) is 0 Å². The predicted molar refractivity (Wildman–Crippen MR) is 69.1 cm³/mol. The Morgan fingerprint density at radius 2 is 2.33 bits per heavy atom. The number of likely N-dealkylation sites (N-methyl/N-ethyl adjacent to an activating group) is 1. The summed E-state index contributed by atoms with van der Waals surface area (Å²) < 4.78 is 0. The van der Waals surface area contributed by atoms with Crippen molar-refractivity contribution in [3.63, 3.8) is 0 Å². The zero-order chi connectivity index (χ0) is 13.3. The smallest absolute Gasteiger partial charge is 0.275 e. The Balaban J connectivity index is 2.42.